The molecule has 6 nitrogen and oxygen atoms in total. The van der Waals surface area contributed by atoms with Crippen LogP contribution in [0.5, 0.6) is 0 Å². The van der Waals surface area contributed by atoms with Crippen LogP contribution in [0, 0.1) is 19.8 Å². The predicted octanol–water partition coefficient (Wildman–Crippen LogP) is 4.59. The van der Waals surface area contributed by atoms with Gasteiger partial charge in [0.1, 0.15) is 5.71 Å². The first-order valence-corrected chi connectivity index (χ1v) is 12.3. The molecule has 0 spiro atoms. The molecule has 35 heavy (non-hydrogen) atoms. The second-order valence-corrected chi connectivity index (χ2v) is 9.59. The van der Waals surface area contributed by atoms with Crippen molar-refractivity contribution >= 4 is 23.0 Å². The number of aliphatic hydroxyl groups is 1. The Morgan fingerprint density at radius 3 is 2.26 bits per heavy atom. The van der Waals surface area contributed by atoms with Crippen molar-refractivity contribution in [3.05, 3.63) is 71.3 Å². The third kappa shape index (κ3) is 5.55. The molecule has 1 saturated carbocycles. The second-order valence-electron chi connectivity index (χ2n) is 9.59. The summed E-state index contributed by atoms with van der Waals surface area (Å²) in [6, 6.07) is 12.2. The van der Waals surface area contributed by atoms with E-state index >= 15 is 0 Å². The highest BCUT2D eigenvalue weighted by Gasteiger charge is 2.31. The van der Waals surface area contributed by atoms with Crippen molar-refractivity contribution in [3.8, 4) is 11.1 Å². The number of hydrogen-bond acceptors (Lipinski definition) is 5. The van der Waals surface area contributed by atoms with Gasteiger partial charge in [-0.05, 0) is 84.2 Å². The number of aliphatic hydroxyl groups excluding tert-OH is 1. The number of anilines is 2. The van der Waals surface area contributed by atoms with Crippen molar-refractivity contribution in [2.45, 2.75) is 32.8 Å². The maximum atomic E-state index is 13.3. The van der Waals surface area contributed by atoms with E-state index in [4.69, 9.17) is 0 Å². The molecule has 0 radical (unpaired) electrons. The Kier molecular flexibility index (Phi) is 7.53. The Morgan fingerprint density at radius 2 is 1.71 bits per heavy atom. The van der Waals surface area contributed by atoms with Gasteiger partial charge in [-0.25, -0.2) is 0 Å². The standard InChI is InChI=1S/C29H36N4O2/c1-18(15-33-16-22(34)17-33)25(21-12-13-21)14-28(31-5)29(35)32-27-11-7-9-24(20(27)3)23-8-6-10-26(30-4)19(23)2/h6-11,14,21-22,30,34H,1,12-13,15-17H2,2-5H3,(H,32,35)/b25-14+,31-28+. The van der Waals surface area contributed by atoms with Crippen LogP contribution in [0.25, 0.3) is 11.1 Å². The van der Waals surface area contributed by atoms with Gasteiger partial charge in [0.05, 0.1) is 6.10 Å². The number of likely N-dealkylation sites (tertiary alicyclic amines) is 1. The number of carbonyl (C=O) groups is 1. The number of β-amino-alcohol motifs (C(OH)–C–C–N with tert-alkyl or cyclic N) is 1. The van der Waals surface area contributed by atoms with Crippen molar-refractivity contribution in [2.24, 2.45) is 10.9 Å². The topological polar surface area (TPSA) is 77.0 Å². The Labute approximate surface area is 208 Å². The fourth-order valence-corrected chi connectivity index (χ4v) is 4.76. The summed E-state index contributed by atoms with van der Waals surface area (Å²) in [5.41, 5.74) is 8.78. The minimum atomic E-state index is -0.238. The number of hydrogen-bond donors (Lipinski definition) is 3. The van der Waals surface area contributed by atoms with Gasteiger partial charge < -0.3 is 15.7 Å². The van der Waals surface area contributed by atoms with Crippen LogP contribution in [0.15, 0.2) is 65.2 Å². The van der Waals surface area contributed by atoms with Gasteiger partial charge in [-0.2, -0.15) is 0 Å². The molecule has 1 aliphatic carbocycles. The minimum Gasteiger partial charge on any atom is -0.390 e. The molecule has 4 rings (SSSR count). The van der Waals surface area contributed by atoms with Crippen molar-refractivity contribution in [2.75, 3.05) is 44.4 Å². The maximum Gasteiger partial charge on any atom is 0.273 e. The molecule has 2 aromatic carbocycles. The van der Waals surface area contributed by atoms with E-state index in [1.165, 1.54) is 5.56 Å². The first-order valence-electron chi connectivity index (χ1n) is 12.3. The average molecular weight is 473 g/mol. The summed E-state index contributed by atoms with van der Waals surface area (Å²) in [6.07, 6.45) is 3.89. The molecular weight excluding hydrogens is 436 g/mol. The summed E-state index contributed by atoms with van der Waals surface area (Å²) < 4.78 is 0. The molecule has 1 amide bonds. The van der Waals surface area contributed by atoms with Crippen LogP contribution in [0.1, 0.15) is 24.0 Å². The fourth-order valence-electron chi connectivity index (χ4n) is 4.76. The summed E-state index contributed by atoms with van der Waals surface area (Å²) in [5.74, 6) is 0.213. The van der Waals surface area contributed by atoms with Crippen molar-refractivity contribution in [3.63, 3.8) is 0 Å². The summed E-state index contributed by atoms with van der Waals surface area (Å²) in [5, 5.41) is 15.9. The van der Waals surface area contributed by atoms with E-state index in [1.54, 1.807) is 7.05 Å². The van der Waals surface area contributed by atoms with E-state index < -0.39 is 0 Å². The van der Waals surface area contributed by atoms with Gasteiger partial charge in [0, 0.05) is 45.1 Å². The van der Waals surface area contributed by atoms with Crippen LogP contribution in [0.3, 0.4) is 0 Å². The van der Waals surface area contributed by atoms with Gasteiger partial charge in [-0.1, -0.05) is 30.8 Å². The van der Waals surface area contributed by atoms with Gasteiger partial charge in [0.25, 0.3) is 5.91 Å². The predicted molar refractivity (Wildman–Crippen MR) is 145 cm³/mol. The van der Waals surface area contributed by atoms with Crippen LogP contribution in [-0.4, -0.2) is 61.5 Å². The highest BCUT2D eigenvalue weighted by molar-refractivity contribution is 6.47. The highest BCUT2D eigenvalue weighted by Crippen LogP contribution is 2.40. The summed E-state index contributed by atoms with van der Waals surface area (Å²) in [6.45, 7) is 10.5. The molecule has 1 heterocycles. The molecule has 184 valence electrons. The third-order valence-electron chi connectivity index (χ3n) is 7.02. The number of carbonyl (C=O) groups excluding carboxylic acids is 1. The monoisotopic (exact) mass is 472 g/mol. The Morgan fingerprint density at radius 1 is 1.11 bits per heavy atom. The second kappa shape index (κ2) is 10.6. The molecule has 3 N–H and O–H groups in total. The summed E-state index contributed by atoms with van der Waals surface area (Å²) in [4.78, 5) is 19.8. The zero-order chi connectivity index (χ0) is 25.1. The van der Waals surface area contributed by atoms with Crippen molar-refractivity contribution in [1.29, 1.82) is 0 Å². The van der Waals surface area contributed by atoms with Gasteiger partial charge in [0.2, 0.25) is 0 Å². The largest absolute Gasteiger partial charge is 0.390 e. The van der Waals surface area contributed by atoms with Crippen LogP contribution in [0.4, 0.5) is 11.4 Å². The molecule has 0 bridgehead atoms. The molecule has 0 atom stereocenters. The van der Waals surface area contributed by atoms with E-state index in [9.17, 15) is 9.90 Å². The van der Waals surface area contributed by atoms with Crippen LogP contribution >= 0.6 is 0 Å². The van der Waals surface area contributed by atoms with Gasteiger partial charge >= 0.3 is 0 Å². The normalized spacial score (nSPS) is 17.2. The molecule has 1 saturated heterocycles. The molecule has 2 aliphatic rings. The lowest BCUT2D eigenvalue weighted by Crippen LogP contribution is -2.51. The number of rotatable bonds is 9. The lowest BCUT2D eigenvalue weighted by atomic mass is 9.94. The first kappa shape index (κ1) is 24.9. The van der Waals surface area contributed by atoms with E-state index in [-0.39, 0.29) is 12.0 Å². The number of nitrogens with zero attached hydrogens (tertiary/aromatic N) is 2. The van der Waals surface area contributed by atoms with Crippen LogP contribution < -0.4 is 10.6 Å². The van der Waals surface area contributed by atoms with Gasteiger partial charge in [0.15, 0.2) is 0 Å². The van der Waals surface area contributed by atoms with Gasteiger partial charge in [-0.3, -0.25) is 14.7 Å². The summed E-state index contributed by atoms with van der Waals surface area (Å²) in [7, 11) is 3.58. The lowest BCUT2D eigenvalue weighted by Gasteiger charge is -2.36. The smallest absolute Gasteiger partial charge is 0.273 e. The highest BCUT2D eigenvalue weighted by atomic mass is 16.3. The van der Waals surface area contributed by atoms with E-state index in [2.05, 4.69) is 52.2 Å². The third-order valence-corrected chi connectivity index (χ3v) is 7.02. The van der Waals surface area contributed by atoms with Crippen molar-refractivity contribution < 1.29 is 9.90 Å². The number of benzene rings is 2. The number of nitrogens with one attached hydrogen (secondary N) is 2. The number of aliphatic imine (C=N–C) groups is 1. The quantitative estimate of drug-likeness (QED) is 0.369. The van der Waals surface area contributed by atoms with E-state index in [0.29, 0.717) is 31.3 Å². The van der Waals surface area contributed by atoms with E-state index in [0.717, 1.165) is 52.1 Å². The molecular formula is C29H36N4O2. The molecule has 2 aromatic rings. The van der Waals surface area contributed by atoms with Gasteiger partial charge in [-0.15, -0.1) is 0 Å². The molecule has 0 aromatic heterocycles. The SMILES string of the molecule is C=C(CN1CC(O)C1)/C(=C\C(=N/C)C(=O)Nc1cccc(-c2cccc(NC)c2C)c1C)C1CC1. The minimum absolute atomic E-state index is 0.223. The summed E-state index contributed by atoms with van der Waals surface area (Å²) >= 11 is 0. The molecule has 6 heteroatoms. The Bertz CT molecular complexity index is 1190. The average Bonchev–Trinajstić information content (AvgIpc) is 3.65. The van der Waals surface area contributed by atoms with Crippen LogP contribution in [0.2, 0.25) is 0 Å². The Hall–Kier alpha value is -3.22. The van der Waals surface area contributed by atoms with Crippen LogP contribution in [-0.2, 0) is 4.79 Å². The molecule has 0 unspecified atom stereocenters. The molecule has 2 fully saturated rings. The molecule has 1 aliphatic heterocycles. The first-order chi connectivity index (χ1) is 16.8. The van der Waals surface area contributed by atoms with Crippen molar-refractivity contribution in [1.82, 2.24) is 4.90 Å². The van der Waals surface area contributed by atoms with E-state index in [1.807, 2.05) is 38.2 Å². The maximum absolute atomic E-state index is 13.3. The zero-order valence-corrected chi connectivity index (χ0v) is 21.2. The lowest BCUT2D eigenvalue weighted by molar-refractivity contribution is -0.110. The number of amides is 1. The fraction of sp³-hybridized carbons (Fsp3) is 0.379. The zero-order valence-electron chi connectivity index (χ0n) is 21.2. The Balaban J connectivity index is 1.54.